The van der Waals surface area contributed by atoms with Gasteiger partial charge in [0.2, 0.25) is 0 Å². The van der Waals surface area contributed by atoms with E-state index in [1.54, 1.807) is 0 Å². The predicted molar refractivity (Wildman–Crippen MR) is 306 cm³/mol. The van der Waals surface area contributed by atoms with Crippen molar-refractivity contribution in [3.05, 3.63) is 209 Å². The lowest BCUT2D eigenvalue weighted by Crippen LogP contribution is -2.62. The van der Waals surface area contributed by atoms with E-state index in [0.29, 0.717) is 0 Å². The van der Waals surface area contributed by atoms with Crippen LogP contribution in [-0.4, -0.2) is 19.0 Å². The Bertz CT molecular complexity index is 3650. The summed E-state index contributed by atoms with van der Waals surface area (Å²) >= 11 is 0. The molecule has 2 aliphatic carbocycles. The van der Waals surface area contributed by atoms with Crippen molar-refractivity contribution < 1.29 is 0 Å². The van der Waals surface area contributed by atoms with Gasteiger partial charge in [0.05, 0.1) is 24.7 Å². The van der Waals surface area contributed by atoms with Crippen molar-refractivity contribution in [2.75, 3.05) is 4.90 Å². The molecule has 1 nitrogen and oxygen atoms in total. The molecule has 342 valence electrons. The lowest BCUT2D eigenvalue weighted by Gasteiger charge is -2.62. The van der Waals surface area contributed by atoms with Crippen molar-refractivity contribution in [3.63, 3.8) is 0 Å². The van der Waals surface area contributed by atoms with Gasteiger partial charge in [-0.15, -0.1) is 0 Å². The van der Waals surface area contributed by atoms with Crippen molar-refractivity contribution in [2.45, 2.75) is 86.2 Å². The summed E-state index contributed by atoms with van der Waals surface area (Å²) in [5.74, 6) is 0. The van der Waals surface area contributed by atoms with Crippen LogP contribution in [0.1, 0.15) is 80.5 Å². The average Bonchev–Trinajstić information content (AvgIpc) is 3.83. The normalized spacial score (nSPS) is 15.9. The fourth-order valence-electron chi connectivity index (χ4n) is 14.3. The Morgan fingerprint density at radius 3 is 0.914 bits per heavy atom. The van der Waals surface area contributed by atoms with Crippen molar-refractivity contribution in [2.24, 2.45) is 10.8 Å². The second-order valence-corrected chi connectivity index (χ2v) is 24.4. The molecule has 0 amide bonds. The van der Waals surface area contributed by atoms with E-state index in [1.807, 2.05) is 0 Å². The molecule has 3 heteroatoms. The molecule has 0 heterocycles. The zero-order valence-electron chi connectivity index (χ0n) is 42.6. The smallest absolute Gasteiger partial charge is 0.0773 e. The molecular weight excluding hydrogens is 875 g/mol. The van der Waals surface area contributed by atoms with E-state index in [1.165, 1.54) is 132 Å². The molecule has 0 bridgehead atoms. The number of hydrogen-bond donors (Lipinski definition) is 0. The second-order valence-electron chi connectivity index (χ2n) is 22.3. The summed E-state index contributed by atoms with van der Waals surface area (Å²) in [5.41, 5.74) is 16.9. The average molecular weight is 936 g/mol. The largest absolute Gasteiger partial charge is 0.310 e. The van der Waals surface area contributed by atoms with Crippen LogP contribution in [0.15, 0.2) is 170 Å². The molecule has 2 aliphatic rings. The molecule has 0 spiro atoms. The van der Waals surface area contributed by atoms with Crippen LogP contribution < -0.4 is 15.3 Å². The van der Waals surface area contributed by atoms with Crippen LogP contribution in [0, 0.1) is 31.6 Å². The first kappa shape index (κ1) is 44.7. The molecule has 1 atom stereocenters. The Balaban J connectivity index is 1.36. The Hall–Kier alpha value is -6.53. The highest BCUT2D eigenvalue weighted by Crippen LogP contribution is 2.77. The highest BCUT2D eigenvalue weighted by atomic mass is 28.2. The predicted octanol–water partition coefficient (Wildman–Crippen LogP) is 16.8. The SMILES string of the molecule is C[Si]c1ccc(N(c2ccc([Si]C)cc2)c2cc3c(c4ccccc24)-c2c(cc(C)c4ccccc24)C3(C(C)(C)C)C2(C(C)(C)C)c3cc(C)c4ccccc4c3-c3c2cc(C)c2ccccc32)cc1. The number of nitrogens with zero attached hydrogens (tertiary/aromatic N) is 1. The van der Waals surface area contributed by atoms with Crippen LogP contribution in [0.4, 0.5) is 17.1 Å². The van der Waals surface area contributed by atoms with E-state index < -0.39 is 10.8 Å². The number of anilines is 3. The summed E-state index contributed by atoms with van der Waals surface area (Å²) in [6.45, 7) is 27.1. The van der Waals surface area contributed by atoms with Crippen LogP contribution in [0.3, 0.4) is 0 Å². The minimum absolute atomic E-state index is 0.332. The summed E-state index contributed by atoms with van der Waals surface area (Å²) in [4.78, 5) is 2.57. The second kappa shape index (κ2) is 15.7. The standard InChI is InChI=1S/C67H61NSi2/c1-40-36-55-60(51-24-16-12-20-47(40)51)61-52-25-17-13-21-48(52)41(2)37-56(61)66(55,64(4,5)6)67(65(7,8)9)57-38-42(3)49-22-14-18-26-53(49)62(57)63-54-27-19-15-23-50(54)59(39-58(63)67)68(43-28-32-45(69-10)33-29-43)44-30-34-46(70-11)35-31-44/h12-39H,1-11H3. The van der Waals surface area contributed by atoms with E-state index in [0.717, 1.165) is 19.0 Å². The van der Waals surface area contributed by atoms with Crippen LogP contribution >= 0.6 is 0 Å². The molecule has 0 saturated heterocycles. The first-order valence-corrected chi connectivity index (χ1v) is 28.2. The number of aryl methyl sites for hydroxylation is 3. The molecule has 12 rings (SSSR count). The first-order valence-electron chi connectivity index (χ1n) is 25.2. The van der Waals surface area contributed by atoms with Crippen molar-refractivity contribution in [1.82, 2.24) is 0 Å². The molecule has 0 aliphatic heterocycles. The van der Waals surface area contributed by atoms with Crippen molar-refractivity contribution >= 4 is 89.6 Å². The highest BCUT2D eigenvalue weighted by molar-refractivity contribution is 6.52. The Labute approximate surface area is 420 Å². The number of rotatable bonds is 6. The summed E-state index contributed by atoms with van der Waals surface area (Å²) in [7, 11) is 1.46. The third-order valence-corrected chi connectivity index (χ3v) is 18.6. The quantitative estimate of drug-likeness (QED) is 0.150. The molecule has 10 aromatic carbocycles. The van der Waals surface area contributed by atoms with E-state index in [2.05, 4.69) is 250 Å². The monoisotopic (exact) mass is 935 g/mol. The van der Waals surface area contributed by atoms with Gasteiger partial charge in [-0.2, -0.15) is 0 Å². The van der Waals surface area contributed by atoms with Gasteiger partial charge in [0.15, 0.2) is 0 Å². The zero-order valence-corrected chi connectivity index (χ0v) is 44.6. The summed E-state index contributed by atoms with van der Waals surface area (Å²) in [5, 5.41) is 13.3. The van der Waals surface area contributed by atoms with Crippen LogP contribution in [0.2, 0.25) is 13.1 Å². The van der Waals surface area contributed by atoms with Gasteiger partial charge in [-0.3, -0.25) is 0 Å². The molecule has 10 aromatic rings. The molecule has 1 unspecified atom stereocenters. The minimum atomic E-state index is -0.633. The molecule has 70 heavy (non-hydrogen) atoms. The third kappa shape index (κ3) is 5.82. The van der Waals surface area contributed by atoms with Gasteiger partial charge in [0.25, 0.3) is 0 Å². The number of fused-ring (bicyclic) bond motifs is 14. The minimum Gasteiger partial charge on any atom is -0.310 e. The number of benzene rings is 10. The topological polar surface area (TPSA) is 3.24 Å². The summed E-state index contributed by atoms with van der Waals surface area (Å²) in [6.07, 6.45) is 0. The van der Waals surface area contributed by atoms with Gasteiger partial charge in [0.1, 0.15) is 0 Å². The van der Waals surface area contributed by atoms with E-state index in [-0.39, 0.29) is 10.8 Å². The van der Waals surface area contributed by atoms with Crippen molar-refractivity contribution in [3.8, 4) is 22.3 Å². The fourth-order valence-corrected chi connectivity index (χ4v) is 15.3. The maximum atomic E-state index is 2.70. The molecule has 0 fully saturated rings. The molecular formula is C67H61NSi2. The maximum Gasteiger partial charge on any atom is 0.0773 e. The molecule has 4 radical (unpaired) electrons. The van der Waals surface area contributed by atoms with Gasteiger partial charge in [-0.25, -0.2) is 0 Å². The Kier molecular flexibility index (Phi) is 10.0. The summed E-state index contributed by atoms with van der Waals surface area (Å²) < 4.78 is 0. The Morgan fingerprint density at radius 1 is 0.343 bits per heavy atom. The van der Waals surface area contributed by atoms with E-state index in [9.17, 15) is 0 Å². The lowest BCUT2D eigenvalue weighted by molar-refractivity contribution is 0.0595. The molecule has 0 aromatic heterocycles. The first-order chi connectivity index (χ1) is 33.7. The lowest BCUT2D eigenvalue weighted by atomic mass is 9.39. The van der Waals surface area contributed by atoms with Crippen molar-refractivity contribution in [1.29, 1.82) is 0 Å². The maximum absolute atomic E-state index is 2.70. The van der Waals surface area contributed by atoms with Gasteiger partial charge >= 0.3 is 0 Å². The molecule has 0 N–H and O–H groups in total. The highest BCUT2D eigenvalue weighted by Gasteiger charge is 2.71. The summed E-state index contributed by atoms with van der Waals surface area (Å²) in [6, 6.07) is 66.5. The Morgan fingerprint density at radius 2 is 0.614 bits per heavy atom. The van der Waals surface area contributed by atoms with E-state index >= 15 is 0 Å². The zero-order chi connectivity index (χ0) is 48.6. The fraction of sp³-hybridized carbons (Fsp3) is 0.224. The molecule has 0 saturated carbocycles. The number of hydrogen-bond acceptors (Lipinski definition) is 1. The van der Waals surface area contributed by atoms with Gasteiger partial charge in [-0.05, 0) is 161 Å². The van der Waals surface area contributed by atoms with Crippen LogP contribution in [0.5, 0.6) is 0 Å². The van der Waals surface area contributed by atoms with Gasteiger partial charge < -0.3 is 4.90 Å². The van der Waals surface area contributed by atoms with Crippen LogP contribution in [0.25, 0.3) is 65.3 Å². The van der Waals surface area contributed by atoms with Gasteiger partial charge in [-0.1, -0.05) is 205 Å². The van der Waals surface area contributed by atoms with Crippen LogP contribution in [-0.2, 0) is 10.8 Å². The van der Waals surface area contributed by atoms with Gasteiger partial charge in [0, 0.05) is 27.6 Å². The van der Waals surface area contributed by atoms with E-state index in [4.69, 9.17) is 0 Å². The third-order valence-electron chi connectivity index (χ3n) is 16.8.